The Hall–Kier alpha value is -6.75. The molecule has 2 aliphatic carbocycles. The number of halogens is 1. The Bertz CT molecular complexity index is 3090. The minimum atomic E-state index is -0.761. The fourth-order valence-corrected chi connectivity index (χ4v) is 13.8. The van der Waals surface area contributed by atoms with E-state index in [2.05, 4.69) is 64.4 Å². The lowest BCUT2D eigenvalue weighted by atomic mass is 9.72. The van der Waals surface area contributed by atoms with Gasteiger partial charge in [-0.3, -0.25) is 34.3 Å². The van der Waals surface area contributed by atoms with Crippen molar-refractivity contribution in [3.05, 3.63) is 90.3 Å². The topological polar surface area (TPSA) is 175 Å². The monoisotopic (exact) mass is 1050 g/mol. The standard InChI is InChI=1S/C60H71FN10O6/c1-37(2)70-36-63-50-34-49(65-54(53(50)70)64-48-19-24-62-35-47(48)61)40-11-17-46-51(31-40)71(42-32-41(33-42)67-25-5-4-6-26-67)58(76)60(46)22-29-69(30-23-60)57(75)59(3)20-27-68(28-21-59)56(74)39-9-14-44(15-10-39)77-43-12-7-38(8-13-43)45-16-18-52(72)66-55(45)73/h7-8,11-13,17,19,24,31,34-37,39,41-42,44-45H,4-6,9-10,14-16,18,20-23,25-30,32-33H2,1-3H3,(H,62,64,65)(H,66,72,73)/t39?,41?,42?,44?,45-/m1/s1. The first-order chi connectivity index (χ1) is 37.2. The van der Waals surface area contributed by atoms with Crippen molar-refractivity contribution in [2.24, 2.45) is 11.3 Å². The summed E-state index contributed by atoms with van der Waals surface area (Å²) in [5.74, 6) is 0.236. The average molecular weight is 1050 g/mol. The highest BCUT2D eigenvalue weighted by Crippen LogP contribution is 2.53. The number of imidazole rings is 1. The van der Waals surface area contributed by atoms with Crippen molar-refractivity contribution in [3.63, 3.8) is 0 Å². The maximum absolute atomic E-state index is 15.4. The summed E-state index contributed by atoms with van der Waals surface area (Å²) < 4.78 is 23.4. The van der Waals surface area contributed by atoms with Crippen molar-refractivity contribution in [2.45, 2.75) is 153 Å². The number of nitrogens with zero attached hydrogens (tertiary/aromatic N) is 8. The number of carbonyl (C=O) groups excluding carboxylic acids is 5. The van der Waals surface area contributed by atoms with Crippen molar-refractivity contribution < 1.29 is 33.1 Å². The van der Waals surface area contributed by atoms with E-state index in [0.29, 0.717) is 82.3 Å². The molecule has 5 aromatic rings. The predicted octanol–water partition coefficient (Wildman–Crippen LogP) is 8.97. The molecule has 6 fully saturated rings. The van der Waals surface area contributed by atoms with Crippen LogP contribution in [-0.2, 0) is 29.4 Å². The van der Waals surface area contributed by atoms with Gasteiger partial charge in [0.05, 0.1) is 46.9 Å². The number of rotatable bonds is 11. The van der Waals surface area contributed by atoms with Crippen LogP contribution < -0.4 is 20.3 Å². The highest BCUT2D eigenvalue weighted by molar-refractivity contribution is 6.10. The third-order valence-corrected chi connectivity index (χ3v) is 18.6. The van der Waals surface area contributed by atoms with Gasteiger partial charge in [0.2, 0.25) is 29.5 Å². The van der Waals surface area contributed by atoms with Crippen molar-refractivity contribution >= 4 is 57.8 Å². The molecule has 77 heavy (non-hydrogen) atoms. The maximum Gasteiger partial charge on any atom is 0.238 e. The molecule has 5 aliphatic heterocycles. The number of benzene rings is 2. The Morgan fingerprint density at radius 2 is 1.56 bits per heavy atom. The van der Waals surface area contributed by atoms with Crippen LogP contribution in [0.15, 0.2) is 73.3 Å². The summed E-state index contributed by atoms with van der Waals surface area (Å²) in [6, 6.07) is 18.0. The zero-order chi connectivity index (χ0) is 53.2. The van der Waals surface area contributed by atoms with Crippen LogP contribution in [0.5, 0.6) is 5.75 Å². The normalized spacial score (nSPS) is 25.4. The van der Waals surface area contributed by atoms with E-state index in [0.717, 1.165) is 90.8 Å². The number of nitrogens with one attached hydrogen (secondary N) is 2. The molecule has 2 saturated carbocycles. The van der Waals surface area contributed by atoms with Gasteiger partial charge in [-0.2, -0.15) is 0 Å². The lowest BCUT2D eigenvalue weighted by molar-refractivity contribution is -0.150. The summed E-state index contributed by atoms with van der Waals surface area (Å²) in [5.41, 5.74) is 4.67. The first-order valence-corrected chi connectivity index (χ1v) is 28.4. The van der Waals surface area contributed by atoms with E-state index in [-0.39, 0.29) is 65.2 Å². The molecule has 0 unspecified atom stereocenters. The lowest BCUT2D eigenvalue weighted by Crippen LogP contribution is -2.59. The zero-order valence-corrected chi connectivity index (χ0v) is 44.6. The van der Waals surface area contributed by atoms with Gasteiger partial charge >= 0.3 is 0 Å². The molecule has 1 atom stereocenters. The number of carbonyl (C=O) groups is 5. The second kappa shape index (κ2) is 20.6. The number of aromatic nitrogens is 4. The molecule has 2 aromatic carbocycles. The van der Waals surface area contributed by atoms with Crippen molar-refractivity contribution in [1.82, 2.24) is 39.5 Å². The minimum Gasteiger partial charge on any atom is -0.490 e. The van der Waals surface area contributed by atoms with Gasteiger partial charge in [-0.25, -0.2) is 14.4 Å². The number of hydrogen-bond donors (Lipinski definition) is 2. The molecule has 4 saturated heterocycles. The molecule has 0 bridgehead atoms. The van der Waals surface area contributed by atoms with E-state index in [1.165, 1.54) is 25.5 Å². The fraction of sp³-hybridized carbons (Fsp3) is 0.533. The fourth-order valence-electron chi connectivity index (χ4n) is 13.8. The van der Waals surface area contributed by atoms with Crippen LogP contribution in [0, 0.1) is 17.2 Å². The Balaban J connectivity index is 0.709. The third kappa shape index (κ3) is 9.53. The van der Waals surface area contributed by atoms with Crippen molar-refractivity contribution in [3.8, 4) is 17.0 Å². The Kier molecular flexibility index (Phi) is 13.6. The second-order valence-electron chi connectivity index (χ2n) is 23.7. The van der Waals surface area contributed by atoms with Crippen LogP contribution in [0.4, 0.5) is 21.6 Å². The molecule has 16 nitrogen and oxygen atoms in total. The summed E-state index contributed by atoms with van der Waals surface area (Å²) in [5, 5.41) is 5.68. The number of imide groups is 1. The van der Waals surface area contributed by atoms with Crippen LogP contribution in [0.2, 0.25) is 0 Å². The van der Waals surface area contributed by atoms with Gasteiger partial charge in [0.25, 0.3) is 0 Å². The summed E-state index contributed by atoms with van der Waals surface area (Å²) in [4.78, 5) is 90.5. The third-order valence-electron chi connectivity index (χ3n) is 18.6. The Labute approximate surface area is 449 Å². The molecule has 5 amide bonds. The second-order valence-corrected chi connectivity index (χ2v) is 23.7. The van der Waals surface area contributed by atoms with Gasteiger partial charge in [-0.15, -0.1) is 0 Å². The van der Waals surface area contributed by atoms with Crippen molar-refractivity contribution in [2.75, 3.05) is 49.5 Å². The van der Waals surface area contributed by atoms with Gasteiger partial charge in [0.15, 0.2) is 11.6 Å². The first kappa shape index (κ1) is 51.0. The number of hydrogen-bond acceptors (Lipinski definition) is 11. The van der Waals surface area contributed by atoms with Crippen LogP contribution in [0.1, 0.15) is 140 Å². The quantitative estimate of drug-likeness (QED) is 0.121. The Morgan fingerprint density at radius 3 is 2.26 bits per heavy atom. The first-order valence-electron chi connectivity index (χ1n) is 28.4. The van der Waals surface area contributed by atoms with Crippen LogP contribution in [-0.4, -0.2) is 121 Å². The summed E-state index contributed by atoms with van der Waals surface area (Å²) >= 11 is 0. The SMILES string of the molecule is CC(C)n1cnc2cc(-c3ccc4c(c3)N(C3CC(N5CCCCC5)C3)C(=O)C43CCN(C(=O)C4(C)CCN(C(=O)C5CCC(Oc6ccc([C@H]7CCC(=O)NC7=O)cc6)CC5)CC4)CC3)nc(Nc3ccncc3F)c21. The molecule has 1 spiro atoms. The Morgan fingerprint density at radius 1 is 0.831 bits per heavy atom. The molecule has 12 rings (SSSR count). The van der Waals surface area contributed by atoms with Gasteiger partial charge in [-0.05, 0) is 152 Å². The highest BCUT2D eigenvalue weighted by Gasteiger charge is 2.56. The van der Waals surface area contributed by atoms with Gasteiger partial charge < -0.3 is 34.2 Å². The molecular weight excluding hydrogens is 976 g/mol. The largest absolute Gasteiger partial charge is 0.490 e. The number of amides is 5. The lowest BCUT2D eigenvalue weighted by Gasteiger charge is -2.48. The van der Waals surface area contributed by atoms with E-state index >= 15 is 9.18 Å². The van der Waals surface area contributed by atoms with Gasteiger partial charge in [0.1, 0.15) is 11.3 Å². The van der Waals surface area contributed by atoms with Crippen molar-refractivity contribution in [1.29, 1.82) is 0 Å². The maximum atomic E-state index is 15.4. The molecule has 7 aliphatic rings. The van der Waals surface area contributed by atoms with E-state index in [1.807, 2.05) is 44.7 Å². The predicted molar refractivity (Wildman–Crippen MR) is 290 cm³/mol. The molecule has 17 heteroatoms. The van der Waals surface area contributed by atoms with Crippen LogP contribution in [0.3, 0.4) is 0 Å². The number of anilines is 3. The van der Waals surface area contributed by atoms with Gasteiger partial charge in [-0.1, -0.05) is 37.6 Å². The summed E-state index contributed by atoms with van der Waals surface area (Å²) in [6.45, 7) is 10.5. The average Bonchev–Trinajstić information content (AvgIpc) is 4.22. The van der Waals surface area contributed by atoms with Crippen LogP contribution >= 0.6 is 0 Å². The van der Waals surface area contributed by atoms with Crippen LogP contribution in [0.25, 0.3) is 22.3 Å². The molecule has 0 radical (unpaired) electrons. The minimum absolute atomic E-state index is 0.00131. The molecule has 2 N–H and O–H groups in total. The zero-order valence-electron chi connectivity index (χ0n) is 44.6. The molecule has 3 aromatic heterocycles. The number of fused-ring (bicyclic) bond motifs is 3. The number of likely N-dealkylation sites (tertiary alicyclic amines) is 3. The van der Waals surface area contributed by atoms with E-state index in [9.17, 15) is 19.2 Å². The van der Waals surface area contributed by atoms with E-state index in [4.69, 9.17) is 14.7 Å². The highest BCUT2D eigenvalue weighted by atomic mass is 19.1. The van der Waals surface area contributed by atoms with Gasteiger partial charge in [0, 0.05) is 79.5 Å². The number of piperidine rings is 4. The number of ether oxygens (including phenoxy) is 1. The summed E-state index contributed by atoms with van der Waals surface area (Å²) in [7, 11) is 0. The molecular formula is C60H71FN10O6. The van der Waals surface area contributed by atoms with E-state index in [1.54, 1.807) is 18.6 Å². The molecule has 404 valence electrons. The van der Waals surface area contributed by atoms with E-state index < -0.39 is 16.6 Å². The summed E-state index contributed by atoms with van der Waals surface area (Å²) in [6.07, 6.45) is 16.2. The smallest absolute Gasteiger partial charge is 0.238 e. The molecule has 8 heterocycles. The number of pyridine rings is 2.